The van der Waals surface area contributed by atoms with Crippen molar-refractivity contribution >= 4 is 54.9 Å². The van der Waals surface area contributed by atoms with Gasteiger partial charge in [-0.05, 0) is 28.4 Å². The predicted molar refractivity (Wildman–Crippen MR) is 86.7 cm³/mol. The fraction of sp³-hybridized carbons (Fsp3) is 0. The Kier molecular flexibility index (Phi) is 2.57. The first kappa shape index (κ1) is 11.9. The van der Waals surface area contributed by atoms with Crippen LogP contribution in [0.15, 0.2) is 54.6 Å². The van der Waals surface area contributed by atoms with Gasteiger partial charge in [-0.3, -0.25) is 0 Å². The van der Waals surface area contributed by atoms with E-state index in [2.05, 4.69) is 12.1 Å². The fourth-order valence-electron chi connectivity index (χ4n) is 2.83. The molecule has 0 bridgehead atoms. The highest BCUT2D eigenvalue weighted by Crippen LogP contribution is 2.37. The third-order valence-corrected chi connectivity index (χ3v) is 4.81. The number of rotatable bonds is 1. The fourth-order valence-corrected chi connectivity index (χ4v) is 4.00. The molecule has 0 radical (unpaired) electrons. The monoisotopic (exact) mass is 278 g/mol. The van der Waals surface area contributed by atoms with Gasteiger partial charge < -0.3 is 10.0 Å². The second kappa shape index (κ2) is 4.31. The third-order valence-electron chi connectivity index (χ3n) is 3.69. The van der Waals surface area contributed by atoms with Gasteiger partial charge in [-0.2, -0.15) is 0 Å². The van der Waals surface area contributed by atoms with Crippen molar-refractivity contribution in [2.24, 2.45) is 0 Å². The molecule has 0 saturated heterocycles. The molecular formula is C16H11BO2S. The predicted octanol–water partition coefficient (Wildman–Crippen LogP) is 2.89. The van der Waals surface area contributed by atoms with Crippen molar-refractivity contribution < 1.29 is 10.0 Å². The minimum absolute atomic E-state index is 0.569. The number of thiophene rings is 1. The maximum Gasteiger partial charge on any atom is 0.489 e. The molecule has 0 aliphatic heterocycles. The molecule has 0 aliphatic carbocycles. The van der Waals surface area contributed by atoms with Crippen LogP contribution in [0.4, 0.5) is 0 Å². The third kappa shape index (κ3) is 1.59. The van der Waals surface area contributed by atoms with E-state index < -0.39 is 7.12 Å². The minimum atomic E-state index is -1.45. The molecule has 20 heavy (non-hydrogen) atoms. The molecule has 4 heteroatoms. The van der Waals surface area contributed by atoms with Crippen LogP contribution >= 0.6 is 11.3 Å². The van der Waals surface area contributed by atoms with Gasteiger partial charge in [0.05, 0.1) is 0 Å². The summed E-state index contributed by atoms with van der Waals surface area (Å²) in [6.07, 6.45) is 0. The molecule has 0 aliphatic rings. The summed E-state index contributed by atoms with van der Waals surface area (Å²) in [5, 5.41) is 23.6. The molecule has 0 spiro atoms. The molecule has 1 heterocycles. The highest BCUT2D eigenvalue weighted by Gasteiger charge is 2.18. The minimum Gasteiger partial charge on any atom is -0.423 e. The number of fused-ring (bicyclic) bond motifs is 5. The lowest BCUT2D eigenvalue weighted by atomic mass is 9.76. The largest absolute Gasteiger partial charge is 0.489 e. The molecule has 0 saturated carbocycles. The molecule has 0 unspecified atom stereocenters. The molecule has 4 aromatic rings. The maximum atomic E-state index is 9.62. The zero-order chi connectivity index (χ0) is 13.7. The molecule has 0 fully saturated rings. The average Bonchev–Trinajstić information content (AvgIpc) is 2.84. The van der Waals surface area contributed by atoms with Crippen LogP contribution in [0.25, 0.3) is 30.9 Å². The molecule has 3 aromatic carbocycles. The number of benzene rings is 3. The summed E-state index contributed by atoms with van der Waals surface area (Å²) in [4.78, 5) is 0. The van der Waals surface area contributed by atoms with Gasteiger partial charge in [0.25, 0.3) is 0 Å². The van der Waals surface area contributed by atoms with E-state index in [1.807, 2.05) is 42.5 Å². The van der Waals surface area contributed by atoms with Crippen molar-refractivity contribution in [2.75, 3.05) is 0 Å². The Morgan fingerprint density at radius 2 is 1.40 bits per heavy atom. The standard InChI is InChI=1S/C16H11BO2S/c18-17(19)13-9-15-16(11-6-2-1-5-10(11)13)12-7-3-4-8-14(12)20-15/h1-9,18-19H. The Morgan fingerprint density at radius 1 is 0.750 bits per heavy atom. The Hall–Kier alpha value is -1.88. The van der Waals surface area contributed by atoms with Crippen LogP contribution in [0, 0.1) is 0 Å². The van der Waals surface area contributed by atoms with Crippen LogP contribution in [0.1, 0.15) is 0 Å². The van der Waals surface area contributed by atoms with Crippen LogP contribution in [-0.4, -0.2) is 17.2 Å². The van der Waals surface area contributed by atoms with Crippen LogP contribution in [-0.2, 0) is 0 Å². The Morgan fingerprint density at radius 3 is 2.15 bits per heavy atom. The summed E-state index contributed by atoms with van der Waals surface area (Å²) in [6.45, 7) is 0. The van der Waals surface area contributed by atoms with Gasteiger partial charge in [-0.15, -0.1) is 11.3 Å². The van der Waals surface area contributed by atoms with E-state index in [0.29, 0.717) is 5.46 Å². The number of hydrogen-bond donors (Lipinski definition) is 2. The van der Waals surface area contributed by atoms with E-state index in [9.17, 15) is 10.0 Å². The molecular weight excluding hydrogens is 267 g/mol. The van der Waals surface area contributed by atoms with Gasteiger partial charge in [0.15, 0.2) is 0 Å². The van der Waals surface area contributed by atoms with Crippen LogP contribution in [0.2, 0.25) is 0 Å². The smallest absolute Gasteiger partial charge is 0.423 e. The highest BCUT2D eigenvalue weighted by molar-refractivity contribution is 7.26. The second-order valence-electron chi connectivity index (χ2n) is 4.86. The summed E-state index contributed by atoms with van der Waals surface area (Å²) >= 11 is 1.69. The van der Waals surface area contributed by atoms with Crippen molar-refractivity contribution in [3.8, 4) is 0 Å². The van der Waals surface area contributed by atoms with Gasteiger partial charge in [-0.25, -0.2) is 0 Å². The first-order valence-electron chi connectivity index (χ1n) is 6.45. The van der Waals surface area contributed by atoms with Crippen LogP contribution in [0.3, 0.4) is 0 Å². The van der Waals surface area contributed by atoms with E-state index in [1.165, 1.54) is 15.5 Å². The van der Waals surface area contributed by atoms with E-state index in [1.54, 1.807) is 11.3 Å². The lowest BCUT2D eigenvalue weighted by Gasteiger charge is -2.07. The van der Waals surface area contributed by atoms with Gasteiger partial charge in [0, 0.05) is 20.2 Å². The lowest BCUT2D eigenvalue weighted by Crippen LogP contribution is -2.30. The van der Waals surface area contributed by atoms with E-state index in [4.69, 9.17) is 0 Å². The zero-order valence-corrected chi connectivity index (χ0v) is 11.4. The van der Waals surface area contributed by atoms with Crippen molar-refractivity contribution in [1.29, 1.82) is 0 Å². The van der Waals surface area contributed by atoms with Crippen LogP contribution in [0.5, 0.6) is 0 Å². The Bertz CT molecular complexity index is 943. The van der Waals surface area contributed by atoms with E-state index in [0.717, 1.165) is 15.5 Å². The second-order valence-corrected chi connectivity index (χ2v) is 5.94. The summed E-state index contributed by atoms with van der Waals surface area (Å²) in [6, 6.07) is 18.1. The summed E-state index contributed by atoms with van der Waals surface area (Å²) in [5.74, 6) is 0. The van der Waals surface area contributed by atoms with Gasteiger partial charge in [0.2, 0.25) is 0 Å². The first-order chi connectivity index (χ1) is 9.75. The first-order valence-corrected chi connectivity index (χ1v) is 7.26. The quantitative estimate of drug-likeness (QED) is 0.526. The topological polar surface area (TPSA) is 40.5 Å². The summed E-state index contributed by atoms with van der Waals surface area (Å²) < 4.78 is 2.31. The molecule has 2 nitrogen and oxygen atoms in total. The highest BCUT2D eigenvalue weighted by atomic mass is 32.1. The zero-order valence-electron chi connectivity index (χ0n) is 10.6. The Labute approximate surface area is 120 Å². The van der Waals surface area contributed by atoms with Gasteiger partial charge >= 0.3 is 7.12 Å². The molecule has 1 aromatic heterocycles. The maximum absolute atomic E-state index is 9.62. The summed E-state index contributed by atoms with van der Waals surface area (Å²) in [5.41, 5.74) is 0.569. The van der Waals surface area contributed by atoms with E-state index >= 15 is 0 Å². The van der Waals surface area contributed by atoms with Gasteiger partial charge in [-0.1, -0.05) is 42.5 Å². The van der Waals surface area contributed by atoms with Crippen molar-refractivity contribution in [2.45, 2.75) is 0 Å². The number of hydrogen-bond acceptors (Lipinski definition) is 3. The molecule has 0 amide bonds. The normalized spacial score (nSPS) is 11.5. The van der Waals surface area contributed by atoms with Crippen molar-refractivity contribution in [1.82, 2.24) is 0 Å². The molecule has 2 N–H and O–H groups in total. The van der Waals surface area contributed by atoms with E-state index in [-0.39, 0.29) is 0 Å². The van der Waals surface area contributed by atoms with Crippen molar-refractivity contribution in [3.63, 3.8) is 0 Å². The summed E-state index contributed by atoms with van der Waals surface area (Å²) in [7, 11) is -1.45. The average molecular weight is 278 g/mol. The van der Waals surface area contributed by atoms with Crippen molar-refractivity contribution in [3.05, 3.63) is 54.6 Å². The molecule has 96 valence electrons. The molecule has 0 atom stereocenters. The lowest BCUT2D eigenvalue weighted by molar-refractivity contribution is 0.426. The molecule has 4 rings (SSSR count). The van der Waals surface area contributed by atoms with Crippen LogP contribution < -0.4 is 5.46 Å². The van der Waals surface area contributed by atoms with Gasteiger partial charge in [0.1, 0.15) is 0 Å². The SMILES string of the molecule is OB(O)c1cc2sc3ccccc3c2c2ccccc12. The Balaban J connectivity index is 2.31.